The number of halogens is 4. The van der Waals surface area contributed by atoms with Crippen LogP contribution < -0.4 is 15.4 Å². The molecule has 2 N–H and O–H groups in total. The lowest BCUT2D eigenvalue weighted by Gasteiger charge is -2.31. The molecule has 0 fully saturated rings. The molecule has 3 rings (SSSR count). The molecule has 8 nitrogen and oxygen atoms in total. The van der Waals surface area contributed by atoms with Crippen molar-refractivity contribution >= 4 is 81.6 Å². The Balaban J connectivity index is 1.96. The standard InChI is InChI=1S/C24H19Cl4N3O5S/c1-3-36-21-16(27)6-11(7-17(21)28)19-13(9-29)23(31-22(33)20(19)24(34)35-2)37-10-18(32)30-12-4-5-14(25)15(26)8-12/h4-8,19-20H,3,10H2,1-2H3,(H,30,32)(H,31,33)/t19-,20-/m0/s1. The lowest BCUT2D eigenvalue weighted by molar-refractivity contribution is -0.150. The zero-order valence-corrected chi connectivity index (χ0v) is 23.2. The van der Waals surface area contributed by atoms with E-state index in [0.29, 0.717) is 22.9 Å². The maximum atomic E-state index is 13.0. The zero-order chi connectivity index (χ0) is 27.3. The van der Waals surface area contributed by atoms with Crippen molar-refractivity contribution in [3.63, 3.8) is 0 Å². The first kappa shape index (κ1) is 29.0. The summed E-state index contributed by atoms with van der Waals surface area (Å²) in [6, 6.07) is 9.62. The smallest absolute Gasteiger partial charge is 0.319 e. The van der Waals surface area contributed by atoms with Crippen molar-refractivity contribution in [3.8, 4) is 11.8 Å². The van der Waals surface area contributed by atoms with E-state index in [9.17, 15) is 19.6 Å². The summed E-state index contributed by atoms with van der Waals surface area (Å²) in [6.45, 7) is 2.07. The van der Waals surface area contributed by atoms with E-state index in [2.05, 4.69) is 16.7 Å². The van der Waals surface area contributed by atoms with Crippen LogP contribution in [0.25, 0.3) is 0 Å². The number of ether oxygens (including phenoxy) is 2. The number of thioether (sulfide) groups is 1. The fourth-order valence-corrected chi connectivity index (χ4v) is 5.39. The van der Waals surface area contributed by atoms with E-state index >= 15 is 0 Å². The van der Waals surface area contributed by atoms with Gasteiger partial charge in [0.1, 0.15) is 5.92 Å². The third kappa shape index (κ3) is 6.64. The van der Waals surface area contributed by atoms with Gasteiger partial charge in [0, 0.05) is 11.6 Å². The lowest BCUT2D eigenvalue weighted by atomic mass is 9.78. The molecular weight excluding hydrogens is 584 g/mol. The summed E-state index contributed by atoms with van der Waals surface area (Å²) >= 11 is 25.5. The van der Waals surface area contributed by atoms with Gasteiger partial charge in [0.05, 0.1) is 56.2 Å². The van der Waals surface area contributed by atoms with Crippen LogP contribution in [0, 0.1) is 17.2 Å². The third-order valence-electron chi connectivity index (χ3n) is 5.20. The molecule has 2 atom stereocenters. The van der Waals surface area contributed by atoms with Gasteiger partial charge in [-0.1, -0.05) is 58.2 Å². The number of hydrogen-bond donors (Lipinski definition) is 2. The molecule has 0 aromatic heterocycles. The Morgan fingerprint density at radius 2 is 1.78 bits per heavy atom. The molecule has 1 heterocycles. The topological polar surface area (TPSA) is 118 Å². The first-order chi connectivity index (χ1) is 17.6. The highest BCUT2D eigenvalue weighted by molar-refractivity contribution is 8.03. The number of benzene rings is 2. The second kappa shape index (κ2) is 12.8. The third-order valence-corrected chi connectivity index (χ3v) is 7.52. The minimum Gasteiger partial charge on any atom is -0.491 e. The Morgan fingerprint density at radius 3 is 2.35 bits per heavy atom. The second-order valence-corrected chi connectivity index (χ2v) is 10.1. The summed E-state index contributed by atoms with van der Waals surface area (Å²) in [4.78, 5) is 38.1. The fraction of sp³-hybridized carbons (Fsp3) is 0.250. The number of hydrogen-bond acceptors (Lipinski definition) is 7. The Labute approximate surface area is 237 Å². The van der Waals surface area contributed by atoms with Gasteiger partial charge < -0.3 is 20.1 Å². The molecule has 2 amide bonds. The van der Waals surface area contributed by atoms with Crippen molar-refractivity contribution in [1.29, 1.82) is 5.26 Å². The average molecular weight is 603 g/mol. The van der Waals surface area contributed by atoms with Gasteiger partial charge in [-0.25, -0.2) is 0 Å². The van der Waals surface area contributed by atoms with Crippen molar-refractivity contribution in [2.45, 2.75) is 12.8 Å². The highest BCUT2D eigenvalue weighted by Crippen LogP contribution is 2.44. The summed E-state index contributed by atoms with van der Waals surface area (Å²) in [5.41, 5.74) is 0.793. The Morgan fingerprint density at radius 1 is 1.11 bits per heavy atom. The van der Waals surface area contributed by atoms with Gasteiger partial charge in [-0.05, 0) is 42.8 Å². The predicted molar refractivity (Wildman–Crippen MR) is 144 cm³/mol. The van der Waals surface area contributed by atoms with E-state index in [1.165, 1.54) is 24.3 Å². The van der Waals surface area contributed by atoms with Gasteiger partial charge >= 0.3 is 5.97 Å². The monoisotopic (exact) mass is 601 g/mol. The number of nitriles is 1. The SMILES string of the molecule is CCOc1c(Cl)cc([C@H]2C(C#N)=C(SCC(=O)Nc3ccc(Cl)c(Cl)c3)NC(=O)[C@H]2C(=O)OC)cc1Cl. The second-order valence-electron chi connectivity index (χ2n) is 7.53. The molecule has 0 unspecified atom stereocenters. The van der Waals surface area contributed by atoms with Crippen molar-refractivity contribution < 1.29 is 23.9 Å². The van der Waals surface area contributed by atoms with Crippen LogP contribution in [0.4, 0.5) is 5.69 Å². The molecular formula is C24H19Cl4N3O5S. The van der Waals surface area contributed by atoms with Crippen molar-refractivity contribution in [2.24, 2.45) is 5.92 Å². The molecule has 194 valence electrons. The van der Waals surface area contributed by atoms with Gasteiger partial charge in [0.25, 0.3) is 0 Å². The number of amides is 2. The number of nitrogens with zero attached hydrogens (tertiary/aromatic N) is 1. The van der Waals surface area contributed by atoms with Gasteiger partial charge in [0.2, 0.25) is 11.8 Å². The molecule has 1 aliphatic heterocycles. The molecule has 2 aromatic rings. The molecule has 1 aliphatic rings. The van der Waals surface area contributed by atoms with Crippen LogP contribution in [-0.4, -0.2) is 37.3 Å². The van der Waals surface area contributed by atoms with E-state index in [1.807, 2.05) is 0 Å². The van der Waals surface area contributed by atoms with Gasteiger partial charge in [-0.15, -0.1) is 0 Å². The number of methoxy groups -OCH3 is 1. The Kier molecular flexibility index (Phi) is 9.99. The first-order valence-electron chi connectivity index (χ1n) is 10.6. The minimum atomic E-state index is -1.39. The van der Waals surface area contributed by atoms with Gasteiger partial charge in [-0.2, -0.15) is 5.26 Å². The van der Waals surface area contributed by atoms with E-state index in [0.717, 1.165) is 18.9 Å². The minimum absolute atomic E-state index is 0.0404. The first-order valence-corrected chi connectivity index (χ1v) is 13.1. The number of carbonyl (C=O) groups is 3. The fourth-order valence-electron chi connectivity index (χ4n) is 3.63. The molecule has 0 bridgehead atoms. The summed E-state index contributed by atoms with van der Waals surface area (Å²) in [6.07, 6.45) is 0. The Hall–Kier alpha value is -2.61. The van der Waals surface area contributed by atoms with Crippen molar-refractivity contribution in [3.05, 3.63) is 66.6 Å². The number of anilines is 1. The highest BCUT2D eigenvalue weighted by Gasteiger charge is 2.44. The number of esters is 1. The van der Waals surface area contributed by atoms with Crippen LogP contribution in [0.1, 0.15) is 18.4 Å². The van der Waals surface area contributed by atoms with Crippen molar-refractivity contribution in [2.75, 3.05) is 24.8 Å². The molecule has 13 heteroatoms. The van der Waals surface area contributed by atoms with E-state index in [4.69, 9.17) is 55.9 Å². The van der Waals surface area contributed by atoms with Gasteiger partial charge in [0.15, 0.2) is 5.75 Å². The molecule has 0 aliphatic carbocycles. The average Bonchev–Trinajstić information content (AvgIpc) is 2.86. The van der Waals surface area contributed by atoms with Crippen LogP contribution in [0.15, 0.2) is 40.9 Å². The number of carbonyl (C=O) groups excluding carboxylic acids is 3. The van der Waals surface area contributed by atoms with Crippen LogP contribution in [0.3, 0.4) is 0 Å². The number of nitrogens with one attached hydrogen (secondary N) is 2. The molecule has 0 saturated carbocycles. The molecule has 37 heavy (non-hydrogen) atoms. The van der Waals surface area contributed by atoms with Crippen molar-refractivity contribution in [1.82, 2.24) is 5.32 Å². The summed E-state index contributed by atoms with van der Waals surface area (Å²) < 4.78 is 10.3. The Bertz CT molecular complexity index is 1300. The van der Waals surface area contributed by atoms with Crippen LogP contribution in [-0.2, 0) is 19.1 Å². The highest BCUT2D eigenvalue weighted by atomic mass is 35.5. The van der Waals surface area contributed by atoms with E-state index in [1.54, 1.807) is 13.0 Å². The number of allylic oxidation sites excluding steroid dienone is 1. The predicted octanol–water partition coefficient (Wildman–Crippen LogP) is 5.81. The lowest BCUT2D eigenvalue weighted by Crippen LogP contribution is -2.44. The summed E-state index contributed by atoms with van der Waals surface area (Å²) in [5, 5.41) is 16.3. The molecule has 0 radical (unpaired) electrons. The molecule has 0 spiro atoms. The van der Waals surface area contributed by atoms with E-state index < -0.39 is 29.6 Å². The summed E-state index contributed by atoms with van der Waals surface area (Å²) in [7, 11) is 1.14. The quantitative estimate of drug-likeness (QED) is 0.289. The molecule has 0 saturated heterocycles. The normalized spacial score (nSPS) is 17.1. The van der Waals surface area contributed by atoms with Crippen LogP contribution in [0.2, 0.25) is 20.1 Å². The zero-order valence-electron chi connectivity index (χ0n) is 19.4. The summed E-state index contributed by atoms with van der Waals surface area (Å²) in [5.74, 6) is -4.37. The number of rotatable bonds is 8. The maximum absolute atomic E-state index is 13.0. The molecule has 2 aromatic carbocycles. The van der Waals surface area contributed by atoms with Crippen LogP contribution >= 0.6 is 58.2 Å². The van der Waals surface area contributed by atoms with Crippen LogP contribution in [0.5, 0.6) is 5.75 Å². The maximum Gasteiger partial charge on any atom is 0.319 e. The van der Waals surface area contributed by atoms with Gasteiger partial charge in [-0.3, -0.25) is 14.4 Å². The van der Waals surface area contributed by atoms with E-state index in [-0.39, 0.29) is 37.2 Å². The largest absolute Gasteiger partial charge is 0.491 e.